The number of fused-ring (bicyclic) bond motifs is 2. The van der Waals surface area contributed by atoms with E-state index in [0.29, 0.717) is 28.8 Å². The molecule has 1 aliphatic carbocycles. The first-order chi connectivity index (χ1) is 27.1. The van der Waals surface area contributed by atoms with E-state index in [1.165, 1.54) is 13.2 Å². The average Bonchev–Trinajstić information content (AvgIpc) is 3.34. The van der Waals surface area contributed by atoms with E-state index in [9.17, 15) is 8.42 Å². The normalized spacial score (nSPS) is 15.8. The maximum Gasteiger partial charge on any atom is 0.249 e. The van der Waals surface area contributed by atoms with Crippen LogP contribution in [0.3, 0.4) is 0 Å². The molecule has 4 heterocycles. The SMILES string of the molecule is COCOc1cc(-c2nc3c4c(nc(S(C)(=O)=O)nc4c2F)N(C2CCCc4ccnc(N)c42)CCO3)c2c(C#C[Si](C(C)C)(C(C)C)C(C)C)c(F)ccc2c1. The van der Waals surface area contributed by atoms with Crippen molar-refractivity contribution in [3.63, 3.8) is 0 Å². The largest absolute Gasteiger partial charge is 0.475 e. The second kappa shape index (κ2) is 15.4. The van der Waals surface area contributed by atoms with Crippen LogP contribution >= 0.6 is 0 Å². The number of pyridine rings is 2. The number of nitrogens with two attached hydrogens (primary N) is 1. The number of halogens is 2. The van der Waals surface area contributed by atoms with Crippen molar-refractivity contribution in [3.05, 3.63) is 64.9 Å². The van der Waals surface area contributed by atoms with Crippen LogP contribution in [0.25, 0.3) is 32.9 Å². The molecule has 1 atom stereocenters. The highest BCUT2D eigenvalue weighted by Crippen LogP contribution is 2.47. The number of hydrogen-bond donors (Lipinski definition) is 1. The molecule has 0 radical (unpaired) electrons. The van der Waals surface area contributed by atoms with Crippen LogP contribution in [0.1, 0.15) is 77.1 Å². The molecule has 3 aromatic heterocycles. The number of rotatable bonds is 9. The van der Waals surface area contributed by atoms with Crippen molar-refractivity contribution in [2.45, 2.75) is 88.6 Å². The number of anilines is 2. The summed E-state index contributed by atoms with van der Waals surface area (Å²) in [6.07, 6.45) is 4.94. The van der Waals surface area contributed by atoms with Gasteiger partial charge < -0.3 is 24.8 Å². The minimum atomic E-state index is -4.06. The van der Waals surface area contributed by atoms with Gasteiger partial charge in [0.05, 0.1) is 18.2 Å². The van der Waals surface area contributed by atoms with Crippen LogP contribution in [0.2, 0.25) is 16.6 Å². The van der Waals surface area contributed by atoms with Gasteiger partial charge in [0.15, 0.2) is 12.6 Å². The zero-order chi connectivity index (χ0) is 41.0. The molecule has 2 aromatic carbocycles. The fourth-order valence-corrected chi connectivity index (χ4v) is 14.7. The molecule has 5 aromatic rings. The predicted molar refractivity (Wildman–Crippen MR) is 221 cm³/mol. The lowest BCUT2D eigenvalue weighted by Crippen LogP contribution is -2.43. The summed E-state index contributed by atoms with van der Waals surface area (Å²) >= 11 is 0. The van der Waals surface area contributed by atoms with E-state index in [1.54, 1.807) is 24.4 Å². The van der Waals surface area contributed by atoms with E-state index < -0.39 is 34.7 Å². The number of benzene rings is 2. The summed E-state index contributed by atoms with van der Waals surface area (Å²) < 4.78 is 77.7. The molecule has 0 amide bonds. The van der Waals surface area contributed by atoms with Crippen LogP contribution in [-0.4, -0.2) is 69.7 Å². The lowest BCUT2D eigenvalue weighted by atomic mass is 9.87. The number of nitrogen functional groups attached to an aromatic ring is 1. The van der Waals surface area contributed by atoms with Gasteiger partial charge in [0.25, 0.3) is 0 Å². The first-order valence-electron chi connectivity index (χ1n) is 19.2. The maximum atomic E-state index is 17.6. The van der Waals surface area contributed by atoms with Gasteiger partial charge in [0, 0.05) is 36.1 Å². The third-order valence-electron chi connectivity index (χ3n) is 11.5. The summed E-state index contributed by atoms with van der Waals surface area (Å²) in [4.78, 5) is 19.9. The van der Waals surface area contributed by atoms with Crippen LogP contribution in [-0.2, 0) is 21.0 Å². The van der Waals surface area contributed by atoms with Crippen molar-refractivity contribution < 1.29 is 31.4 Å². The van der Waals surface area contributed by atoms with Gasteiger partial charge in [-0.05, 0) is 71.1 Å². The molecule has 2 N–H and O–H groups in total. The predicted octanol–water partition coefficient (Wildman–Crippen LogP) is 8.33. The Morgan fingerprint density at radius 2 is 1.77 bits per heavy atom. The van der Waals surface area contributed by atoms with E-state index in [4.69, 9.17) is 24.9 Å². The van der Waals surface area contributed by atoms with Crippen LogP contribution in [0, 0.1) is 23.1 Å². The molecule has 0 spiro atoms. The Hall–Kier alpha value is -4.91. The van der Waals surface area contributed by atoms with Gasteiger partial charge in [-0.15, -0.1) is 5.54 Å². The monoisotopic (exact) mass is 814 g/mol. The van der Waals surface area contributed by atoms with Crippen molar-refractivity contribution in [3.8, 4) is 34.4 Å². The van der Waals surface area contributed by atoms with E-state index in [1.807, 2.05) is 11.0 Å². The first-order valence-corrected chi connectivity index (χ1v) is 23.4. The fourth-order valence-electron chi connectivity index (χ4n) is 9.02. The first kappa shape index (κ1) is 40.3. The third kappa shape index (κ3) is 7.06. The molecule has 300 valence electrons. The number of methoxy groups -OCH3 is 1. The van der Waals surface area contributed by atoms with Crippen molar-refractivity contribution in [2.75, 3.05) is 43.9 Å². The zero-order valence-electron chi connectivity index (χ0n) is 33.5. The van der Waals surface area contributed by atoms with Crippen molar-refractivity contribution in [1.82, 2.24) is 19.9 Å². The lowest BCUT2D eigenvalue weighted by Gasteiger charge is -2.38. The van der Waals surface area contributed by atoms with Crippen LogP contribution in [0.4, 0.5) is 20.4 Å². The van der Waals surface area contributed by atoms with Gasteiger partial charge in [0.2, 0.25) is 20.9 Å². The minimum absolute atomic E-state index is 0.000362. The smallest absolute Gasteiger partial charge is 0.249 e. The van der Waals surface area contributed by atoms with Gasteiger partial charge in [-0.1, -0.05) is 53.5 Å². The molecule has 2 aliphatic rings. The molecule has 7 rings (SSSR count). The van der Waals surface area contributed by atoms with Gasteiger partial charge in [-0.2, -0.15) is 0 Å². The van der Waals surface area contributed by atoms with Crippen molar-refractivity contribution >= 4 is 51.2 Å². The molecular formula is C42H48F2N6O5SSi. The Balaban J connectivity index is 1.55. The highest BCUT2D eigenvalue weighted by Gasteiger charge is 2.42. The summed E-state index contributed by atoms with van der Waals surface area (Å²) in [6, 6.07) is 7.78. The number of aryl methyl sites for hydroxylation is 1. The molecular weight excluding hydrogens is 767 g/mol. The molecule has 15 heteroatoms. The van der Waals surface area contributed by atoms with Crippen LogP contribution in [0.15, 0.2) is 41.7 Å². The van der Waals surface area contributed by atoms with Gasteiger partial charge >= 0.3 is 0 Å². The van der Waals surface area contributed by atoms with E-state index >= 15 is 8.78 Å². The number of ether oxygens (including phenoxy) is 3. The Kier molecular flexibility index (Phi) is 10.9. The number of hydrogen-bond acceptors (Lipinski definition) is 11. The fraction of sp³-hybridized carbons (Fsp3) is 0.429. The molecule has 0 fully saturated rings. The van der Waals surface area contributed by atoms with E-state index in [-0.39, 0.29) is 82.0 Å². The quantitative estimate of drug-likeness (QED) is 0.0664. The third-order valence-corrected chi connectivity index (χ3v) is 18.7. The van der Waals surface area contributed by atoms with Crippen molar-refractivity contribution in [2.24, 2.45) is 0 Å². The molecule has 1 unspecified atom stereocenters. The average molecular weight is 815 g/mol. The number of aromatic nitrogens is 4. The summed E-state index contributed by atoms with van der Waals surface area (Å²) in [6.45, 7) is 13.3. The van der Waals surface area contributed by atoms with E-state index in [0.717, 1.165) is 30.2 Å². The highest BCUT2D eigenvalue weighted by molar-refractivity contribution is 7.90. The summed E-state index contributed by atoms with van der Waals surface area (Å²) in [5.41, 5.74) is 12.5. The van der Waals surface area contributed by atoms with Gasteiger partial charge in [0.1, 0.15) is 54.5 Å². The maximum absolute atomic E-state index is 17.6. The topological polar surface area (TPSA) is 143 Å². The van der Waals surface area contributed by atoms with Gasteiger partial charge in [-0.25, -0.2) is 37.1 Å². The summed E-state index contributed by atoms with van der Waals surface area (Å²) in [5.74, 6) is 2.59. The van der Waals surface area contributed by atoms with Crippen LogP contribution in [0.5, 0.6) is 11.6 Å². The van der Waals surface area contributed by atoms with Crippen LogP contribution < -0.4 is 20.1 Å². The molecule has 0 saturated heterocycles. The molecule has 0 bridgehead atoms. The molecule has 0 saturated carbocycles. The Morgan fingerprint density at radius 1 is 1.04 bits per heavy atom. The van der Waals surface area contributed by atoms with Gasteiger partial charge in [-0.3, -0.25) is 0 Å². The highest BCUT2D eigenvalue weighted by atomic mass is 32.2. The summed E-state index contributed by atoms with van der Waals surface area (Å²) in [5, 5.41) is 0.390. The van der Waals surface area contributed by atoms with E-state index in [2.05, 4.69) is 68.0 Å². The number of sulfone groups is 1. The second-order valence-corrected chi connectivity index (χ2v) is 23.3. The Morgan fingerprint density at radius 3 is 2.46 bits per heavy atom. The molecule has 11 nitrogen and oxygen atoms in total. The standard InChI is InChI=1S/C42H48F2N6O5SSi/c1-23(2)57(24(3)4,25(5)6)19-15-29-31(43)13-12-27-20-28(55-22-53-7)21-30(33(27)29)37-36(44)38-35-40(49-42(48-38)56(8,51)52)50(17-18-54-41(35)47-37)32-11-9-10-26-14-16-46-39(45)34(26)32/h12-14,16,20-21,23-25,32H,9-11,17-18,22H2,1-8H3,(H2,45,46). The Labute approximate surface area is 333 Å². The zero-order valence-corrected chi connectivity index (χ0v) is 35.4. The second-order valence-electron chi connectivity index (χ2n) is 15.8. The molecule has 57 heavy (non-hydrogen) atoms. The minimum Gasteiger partial charge on any atom is -0.475 e. The number of nitrogens with zero attached hydrogens (tertiary/aromatic N) is 5. The summed E-state index contributed by atoms with van der Waals surface area (Å²) in [7, 11) is -4.94. The molecule has 1 aliphatic heterocycles. The lowest BCUT2D eigenvalue weighted by molar-refractivity contribution is 0.0512. The Bertz CT molecular complexity index is 2550. The van der Waals surface area contributed by atoms with Crippen molar-refractivity contribution in [1.29, 1.82) is 0 Å².